The van der Waals surface area contributed by atoms with Crippen molar-refractivity contribution in [3.63, 3.8) is 0 Å². The summed E-state index contributed by atoms with van der Waals surface area (Å²) in [5.41, 5.74) is 0.873. The zero-order chi connectivity index (χ0) is 18.4. The van der Waals surface area contributed by atoms with Gasteiger partial charge in [0.15, 0.2) is 0 Å². The van der Waals surface area contributed by atoms with E-state index in [1.807, 2.05) is 31.2 Å². The molecule has 1 amide bonds. The van der Waals surface area contributed by atoms with Gasteiger partial charge in [0.25, 0.3) is 0 Å². The van der Waals surface area contributed by atoms with E-state index in [4.69, 9.17) is 9.47 Å². The number of benzene rings is 1. The van der Waals surface area contributed by atoms with Gasteiger partial charge in [0.2, 0.25) is 15.9 Å². The Labute approximate surface area is 149 Å². The normalized spacial score (nSPS) is 20.6. The second kappa shape index (κ2) is 8.64. The zero-order valence-electron chi connectivity index (χ0n) is 14.9. The molecule has 25 heavy (non-hydrogen) atoms. The Morgan fingerprint density at radius 2 is 1.96 bits per heavy atom. The van der Waals surface area contributed by atoms with Crippen molar-refractivity contribution in [2.45, 2.75) is 19.4 Å². The molecule has 0 unspecified atom stereocenters. The van der Waals surface area contributed by atoms with Crippen LogP contribution in [0.4, 0.5) is 0 Å². The Balaban J connectivity index is 1.90. The van der Waals surface area contributed by atoms with Crippen LogP contribution in [0.5, 0.6) is 5.75 Å². The maximum atomic E-state index is 12.3. The van der Waals surface area contributed by atoms with Crippen LogP contribution in [0.25, 0.3) is 0 Å². The van der Waals surface area contributed by atoms with Gasteiger partial charge in [-0.05, 0) is 24.6 Å². The molecule has 7 nitrogen and oxygen atoms in total. The summed E-state index contributed by atoms with van der Waals surface area (Å²) in [7, 11) is -0.322. The molecular weight excluding hydrogens is 344 g/mol. The number of sulfonamides is 1. The van der Waals surface area contributed by atoms with Crippen LogP contribution in [-0.4, -0.2) is 64.3 Å². The largest absolute Gasteiger partial charge is 0.494 e. The smallest absolute Gasteiger partial charge is 0.224 e. The van der Waals surface area contributed by atoms with Gasteiger partial charge >= 0.3 is 0 Å². The van der Waals surface area contributed by atoms with Gasteiger partial charge in [-0.15, -0.1) is 0 Å². The third kappa shape index (κ3) is 5.69. The molecule has 0 bridgehead atoms. The van der Waals surface area contributed by atoms with Crippen LogP contribution in [0.2, 0.25) is 0 Å². The second-order valence-electron chi connectivity index (χ2n) is 6.29. The summed E-state index contributed by atoms with van der Waals surface area (Å²) in [4.78, 5) is 12.3. The molecule has 1 aliphatic heterocycles. The van der Waals surface area contributed by atoms with E-state index in [0.29, 0.717) is 19.8 Å². The van der Waals surface area contributed by atoms with Gasteiger partial charge in [-0.3, -0.25) is 4.79 Å². The highest BCUT2D eigenvalue weighted by molar-refractivity contribution is 7.89. The SMILES string of the molecule is CCOc1ccc(CC(=O)N[C@@H]2COC[C@H]2CS(=O)(=O)N(C)C)cc1. The number of carbonyl (C=O) groups excluding carboxylic acids is 1. The molecule has 2 rings (SSSR count). The first-order valence-electron chi connectivity index (χ1n) is 8.31. The van der Waals surface area contributed by atoms with E-state index in [-0.39, 0.29) is 30.0 Å². The van der Waals surface area contributed by atoms with E-state index < -0.39 is 10.0 Å². The molecule has 1 saturated heterocycles. The average molecular weight is 370 g/mol. The number of hydrogen-bond acceptors (Lipinski definition) is 5. The number of amides is 1. The van der Waals surface area contributed by atoms with Crippen LogP contribution in [-0.2, 0) is 26.0 Å². The van der Waals surface area contributed by atoms with E-state index in [2.05, 4.69) is 5.32 Å². The molecule has 1 aromatic carbocycles. The van der Waals surface area contributed by atoms with E-state index in [0.717, 1.165) is 11.3 Å². The minimum Gasteiger partial charge on any atom is -0.494 e. The number of rotatable bonds is 8. The third-order valence-electron chi connectivity index (χ3n) is 4.12. The van der Waals surface area contributed by atoms with Gasteiger partial charge in [0, 0.05) is 20.0 Å². The molecule has 140 valence electrons. The molecule has 1 aromatic rings. The Morgan fingerprint density at radius 3 is 2.56 bits per heavy atom. The summed E-state index contributed by atoms with van der Waals surface area (Å²) in [6.07, 6.45) is 0.232. The molecule has 1 aliphatic rings. The highest BCUT2D eigenvalue weighted by Gasteiger charge is 2.34. The maximum Gasteiger partial charge on any atom is 0.224 e. The highest BCUT2D eigenvalue weighted by atomic mass is 32.2. The summed E-state index contributed by atoms with van der Waals surface area (Å²) in [5.74, 6) is 0.349. The molecule has 0 radical (unpaired) electrons. The Bertz CT molecular complexity index is 673. The minimum absolute atomic E-state index is 0.0337. The number of ether oxygens (including phenoxy) is 2. The number of nitrogens with zero attached hydrogens (tertiary/aromatic N) is 1. The summed E-state index contributed by atoms with van der Waals surface area (Å²) < 4.78 is 36.0. The lowest BCUT2D eigenvalue weighted by Gasteiger charge is -2.21. The molecule has 8 heteroatoms. The molecule has 0 spiro atoms. The van der Waals surface area contributed by atoms with Crippen molar-refractivity contribution < 1.29 is 22.7 Å². The molecule has 1 fully saturated rings. The Kier molecular flexibility index (Phi) is 6.80. The Morgan fingerprint density at radius 1 is 1.28 bits per heavy atom. The van der Waals surface area contributed by atoms with Gasteiger partial charge in [-0.1, -0.05) is 12.1 Å². The van der Waals surface area contributed by atoms with Crippen molar-refractivity contribution in [2.75, 3.05) is 39.7 Å². The lowest BCUT2D eigenvalue weighted by atomic mass is 10.1. The van der Waals surface area contributed by atoms with Gasteiger partial charge in [-0.2, -0.15) is 0 Å². The van der Waals surface area contributed by atoms with Crippen LogP contribution in [0.15, 0.2) is 24.3 Å². The van der Waals surface area contributed by atoms with Crippen LogP contribution >= 0.6 is 0 Å². The van der Waals surface area contributed by atoms with Crippen molar-refractivity contribution >= 4 is 15.9 Å². The van der Waals surface area contributed by atoms with Gasteiger partial charge in [0.1, 0.15) is 5.75 Å². The second-order valence-corrected chi connectivity index (χ2v) is 8.51. The molecular formula is C17H26N2O5S. The average Bonchev–Trinajstić information content (AvgIpc) is 2.95. The molecule has 1 heterocycles. The van der Waals surface area contributed by atoms with Gasteiger partial charge < -0.3 is 14.8 Å². The fourth-order valence-corrected chi connectivity index (χ4v) is 3.82. The monoisotopic (exact) mass is 370 g/mol. The van der Waals surface area contributed by atoms with Crippen molar-refractivity contribution in [2.24, 2.45) is 5.92 Å². The minimum atomic E-state index is -3.33. The van der Waals surface area contributed by atoms with Crippen molar-refractivity contribution in [3.8, 4) is 5.75 Å². The fourth-order valence-electron chi connectivity index (χ4n) is 2.66. The first kappa shape index (κ1) is 19.7. The third-order valence-corrected chi connectivity index (χ3v) is 6.09. The highest BCUT2D eigenvalue weighted by Crippen LogP contribution is 2.18. The fraction of sp³-hybridized carbons (Fsp3) is 0.588. The molecule has 2 atom stereocenters. The van der Waals surface area contributed by atoms with Crippen molar-refractivity contribution in [1.82, 2.24) is 9.62 Å². The van der Waals surface area contributed by atoms with Crippen LogP contribution < -0.4 is 10.1 Å². The standard InChI is InChI=1S/C17H26N2O5S/c1-4-24-15-7-5-13(6-8-15)9-17(20)18-16-11-23-10-14(16)12-25(21,22)19(2)3/h5-8,14,16H,4,9-12H2,1-3H3,(H,18,20)/t14-,16+/m0/s1. The predicted molar refractivity (Wildman–Crippen MR) is 95.0 cm³/mol. The molecule has 0 aromatic heterocycles. The molecule has 0 saturated carbocycles. The summed E-state index contributed by atoms with van der Waals surface area (Å²) in [5, 5.41) is 2.90. The quantitative estimate of drug-likeness (QED) is 0.726. The van der Waals surface area contributed by atoms with E-state index in [9.17, 15) is 13.2 Å². The lowest BCUT2D eigenvalue weighted by Crippen LogP contribution is -2.44. The lowest BCUT2D eigenvalue weighted by molar-refractivity contribution is -0.121. The van der Waals surface area contributed by atoms with Gasteiger partial charge in [0.05, 0.1) is 38.0 Å². The van der Waals surface area contributed by atoms with E-state index in [1.54, 1.807) is 0 Å². The van der Waals surface area contributed by atoms with Crippen LogP contribution in [0, 0.1) is 5.92 Å². The van der Waals surface area contributed by atoms with Gasteiger partial charge in [-0.25, -0.2) is 12.7 Å². The summed E-state index contributed by atoms with van der Waals surface area (Å²) >= 11 is 0. The number of nitrogens with one attached hydrogen (secondary N) is 1. The number of hydrogen-bond donors (Lipinski definition) is 1. The predicted octanol–water partition coefficient (Wildman–Crippen LogP) is 0.650. The molecule has 0 aliphatic carbocycles. The summed E-state index contributed by atoms with van der Waals surface area (Å²) in [6, 6.07) is 7.08. The zero-order valence-corrected chi connectivity index (χ0v) is 15.7. The first-order chi connectivity index (χ1) is 11.8. The van der Waals surface area contributed by atoms with E-state index >= 15 is 0 Å². The maximum absolute atomic E-state index is 12.3. The first-order valence-corrected chi connectivity index (χ1v) is 9.91. The topological polar surface area (TPSA) is 84.9 Å². The number of carbonyl (C=O) groups is 1. The molecule has 1 N–H and O–H groups in total. The van der Waals surface area contributed by atoms with E-state index in [1.165, 1.54) is 18.4 Å². The van der Waals surface area contributed by atoms with Crippen LogP contribution in [0.1, 0.15) is 12.5 Å². The van der Waals surface area contributed by atoms with Crippen molar-refractivity contribution in [1.29, 1.82) is 0 Å². The van der Waals surface area contributed by atoms with Crippen LogP contribution in [0.3, 0.4) is 0 Å². The summed E-state index contributed by atoms with van der Waals surface area (Å²) in [6.45, 7) is 3.18. The Hall–Kier alpha value is -1.64. The van der Waals surface area contributed by atoms with Crippen molar-refractivity contribution in [3.05, 3.63) is 29.8 Å².